The van der Waals surface area contributed by atoms with E-state index >= 15 is 0 Å². The van der Waals surface area contributed by atoms with Crippen LogP contribution in [0.4, 0.5) is 8.78 Å². The number of thioether (sulfide) groups is 1. The van der Waals surface area contributed by atoms with E-state index in [1.165, 1.54) is 12.8 Å². The molecule has 0 aromatic heterocycles. The average Bonchev–Trinajstić information content (AvgIpc) is 2.51. The van der Waals surface area contributed by atoms with Gasteiger partial charge in [0.05, 0.1) is 6.54 Å². The van der Waals surface area contributed by atoms with Crippen LogP contribution in [0.3, 0.4) is 0 Å². The Morgan fingerprint density at radius 1 is 1.38 bits per heavy atom. The first-order valence-electron chi connectivity index (χ1n) is 4.91. The summed E-state index contributed by atoms with van der Waals surface area (Å²) in [6, 6.07) is 0.452. The zero-order valence-corrected chi connectivity index (χ0v) is 8.40. The van der Waals surface area contributed by atoms with Crippen molar-refractivity contribution in [3.8, 4) is 0 Å². The van der Waals surface area contributed by atoms with Crippen molar-refractivity contribution in [3.05, 3.63) is 0 Å². The van der Waals surface area contributed by atoms with Gasteiger partial charge in [0.2, 0.25) is 0 Å². The Hall–Kier alpha value is 0.170. The largest absolute Gasteiger partial charge is 0.293 e. The van der Waals surface area contributed by atoms with Gasteiger partial charge in [0.15, 0.2) is 0 Å². The maximum absolute atomic E-state index is 12.2. The molecule has 0 aromatic rings. The van der Waals surface area contributed by atoms with Crippen molar-refractivity contribution in [3.63, 3.8) is 0 Å². The van der Waals surface area contributed by atoms with Crippen LogP contribution in [0.2, 0.25) is 0 Å². The lowest BCUT2D eigenvalue weighted by Gasteiger charge is -2.36. The Morgan fingerprint density at radius 3 is 3.00 bits per heavy atom. The molecule has 0 radical (unpaired) electrons. The van der Waals surface area contributed by atoms with Crippen LogP contribution in [-0.4, -0.2) is 41.5 Å². The van der Waals surface area contributed by atoms with Crippen molar-refractivity contribution in [2.24, 2.45) is 0 Å². The van der Waals surface area contributed by atoms with Gasteiger partial charge in [-0.05, 0) is 12.8 Å². The Bertz CT molecular complexity index is 177. The number of halogens is 2. The van der Waals surface area contributed by atoms with E-state index in [-0.39, 0.29) is 6.54 Å². The Kier molecular flexibility index (Phi) is 3.09. The molecule has 0 bridgehead atoms. The van der Waals surface area contributed by atoms with Crippen molar-refractivity contribution in [1.29, 1.82) is 0 Å². The molecule has 1 saturated heterocycles. The minimum absolute atomic E-state index is 0.0122. The van der Waals surface area contributed by atoms with Crippen LogP contribution in [-0.2, 0) is 0 Å². The second-order valence-electron chi connectivity index (χ2n) is 3.79. The molecule has 0 amide bonds. The van der Waals surface area contributed by atoms with Gasteiger partial charge in [0.25, 0.3) is 6.43 Å². The van der Waals surface area contributed by atoms with Gasteiger partial charge in [-0.25, -0.2) is 8.78 Å². The third-order valence-corrected chi connectivity index (χ3v) is 4.37. The lowest BCUT2D eigenvalue weighted by molar-refractivity contribution is 0.0694. The molecule has 1 aliphatic carbocycles. The monoisotopic (exact) mass is 207 g/mol. The highest BCUT2D eigenvalue weighted by atomic mass is 32.2. The molecule has 1 aliphatic heterocycles. The van der Waals surface area contributed by atoms with Crippen LogP contribution in [0.1, 0.15) is 19.3 Å². The average molecular weight is 207 g/mol. The molecule has 0 spiro atoms. The molecular formula is C9H15F2NS. The van der Waals surface area contributed by atoms with E-state index in [1.807, 2.05) is 16.7 Å². The third kappa shape index (κ3) is 2.15. The summed E-state index contributed by atoms with van der Waals surface area (Å²) in [4.78, 5) is 2.00. The summed E-state index contributed by atoms with van der Waals surface area (Å²) in [5.74, 6) is 1.04. The maximum atomic E-state index is 12.2. The van der Waals surface area contributed by atoms with Crippen LogP contribution in [0.15, 0.2) is 0 Å². The summed E-state index contributed by atoms with van der Waals surface area (Å²) < 4.78 is 24.5. The Labute approximate surface area is 81.9 Å². The quantitative estimate of drug-likeness (QED) is 0.683. The maximum Gasteiger partial charge on any atom is 0.251 e. The van der Waals surface area contributed by atoms with E-state index in [0.29, 0.717) is 11.3 Å². The second kappa shape index (κ2) is 4.13. The smallest absolute Gasteiger partial charge is 0.251 e. The molecule has 2 fully saturated rings. The van der Waals surface area contributed by atoms with Gasteiger partial charge in [-0.3, -0.25) is 4.90 Å². The molecule has 0 N–H and O–H groups in total. The van der Waals surface area contributed by atoms with Crippen LogP contribution in [0.5, 0.6) is 0 Å². The summed E-state index contributed by atoms with van der Waals surface area (Å²) in [7, 11) is 0. The molecule has 2 rings (SSSR count). The van der Waals surface area contributed by atoms with Gasteiger partial charge in [0.1, 0.15) is 0 Å². The molecular weight excluding hydrogens is 192 g/mol. The van der Waals surface area contributed by atoms with E-state index in [2.05, 4.69) is 0 Å². The fourth-order valence-corrected chi connectivity index (χ4v) is 3.92. The number of hydrogen-bond acceptors (Lipinski definition) is 2. The Morgan fingerprint density at radius 2 is 2.23 bits per heavy atom. The summed E-state index contributed by atoms with van der Waals surface area (Å²) in [6.07, 6.45) is 1.42. The number of nitrogens with zero attached hydrogens (tertiary/aromatic N) is 1. The number of fused-ring (bicyclic) bond motifs is 1. The highest BCUT2D eigenvalue weighted by Crippen LogP contribution is 2.36. The van der Waals surface area contributed by atoms with Gasteiger partial charge in [-0.2, -0.15) is 11.8 Å². The topological polar surface area (TPSA) is 3.24 Å². The van der Waals surface area contributed by atoms with Gasteiger partial charge < -0.3 is 0 Å². The zero-order valence-electron chi connectivity index (χ0n) is 7.59. The minimum atomic E-state index is -2.16. The standard InChI is InChI=1S/C9H15F2NS/c10-9(11)6-12-4-5-13-8-3-1-2-7(8)12/h7-9H,1-6H2. The van der Waals surface area contributed by atoms with E-state index in [1.54, 1.807) is 0 Å². The van der Waals surface area contributed by atoms with E-state index in [0.717, 1.165) is 18.7 Å². The first-order chi connectivity index (χ1) is 6.27. The van der Waals surface area contributed by atoms with Crippen molar-refractivity contribution in [2.75, 3.05) is 18.8 Å². The predicted molar refractivity (Wildman–Crippen MR) is 51.5 cm³/mol. The Balaban J connectivity index is 1.93. The van der Waals surface area contributed by atoms with Gasteiger partial charge in [-0.15, -0.1) is 0 Å². The predicted octanol–water partition coefficient (Wildman–Crippen LogP) is 2.22. The molecule has 0 aromatic carbocycles. The molecule has 4 heteroatoms. The fraction of sp³-hybridized carbons (Fsp3) is 1.00. The number of hydrogen-bond donors (Lipinski definition) is 0. The van der Waals surface area contributed by atoms with E-state index < -0.39 is 6.43 Å². The summed E-state index contributed by atoms with van der Waals surface area (Å²) in [5.41, 5.74) is 0. The molecule has 2 atom stereocenters. The first kappa shape index (κ1) is 9.71. The van der Waals surface area contributed by atoms with E-state index in [9.17, 15) is 8.78 Å². The zero-order chi connectivity index (χ0) is 9.26. The van der Waals surface area contributed by atoms with Crippen LogP contribution < -0.4 is 0 Å². The van der Waals surface area contributed by atoms with E-state index in [4.69, 9.17) is 0 Å². The van der Waals surface area contributed by atoms with Crippen molar-refractivity contribution >= 4 is 11.8 Å². The summed E-state index contributed by atoms with van der Waals surface area (Å²) >= 11 is 1.98. The lowest BCUT2D eigenvalue weighted by Crippen LogP contribution is -2.46. The van der Waals surface area contributed by atoms with Crippen LogP contribution >= 0.6 is 11.8 Å². The third-order valence-electron chi connectivity index (χ3n) is 2.97. The highest BCUT2D eigenvalue weighted by Gasteiger charge is 2.36. The molecule has 1 nitrogen and oxygen atoms in total. The number of alkyl halides is 2. The molecule has 2 unspecified atom stereocenters. The van der Waals surface area contributed by atoms with Crippen molar-refractivity contribution < 1.29 is 8.78 Å². The van der Waals surface area contributed by atoms with Gasteiger partial charge >= 0.3 is 0 Å². The molecule has 76 valence electrons. The number of rotatable bonds is 2. The minimum Gasteiger partial charge on any atom is -0.293 e. The van der Waals surface area contributed by atoms with Crippen molar-refractivity contribution in [2.45, 2.75) is 37.0 Å². The second-order valence-corrected chi connectivity index (χ2v) is 5.14. The van der Waals surface area contributed by atoms with Gasteiger partial charge in [-0.1, -0.05) is 6.42 Å². The lowest BCUT2D eigenvalue weighted by atomic mass is 10.2. The van der Waals surface area contributed by atoms with Crippen LogP contribution in [0.25, 0.3) is 0 Å². The highest BCUT2D eigenvalue weighted by molar-refractivity contribution is 8.00. The van der Waals surface area contributed by atoms with Crippen molar-refractivity contribution in [1.82, 2.24) is 4.90 Å². The first-order valence-corrected chi connectivity index (χ1v) is 5.96. The van der Waals surface area contributed by atoms with Crippen LogP contribution in [0, 0.1) is 0 Å². The summed E-state index contributed by atoms with van der Waals surface area (Å²) in [5, 5.41) is 0.646. The molecule has 1 heterocycles. The summed E-state index contributed by atoms with van der Waals surface area (Å²) in [6.45, 7) is 0.845. The fourth-order valence-electron chi connectivity index (χ4n) is 2.41. The molecule has 1 saturated carbocycles. The molecule has 2 aliphatic rings. The van der Waals surface area contributed by atoms with Gasteiger partial charge in [0, 0.05) is 23.6 Å². The normalized spacial score (nSPS) is 35.3. The molecule has 13 heavy (non-hydrogen) atoms. The SMILES string of the molecule is FC(F)CN1CCSC2CCCC21.